The lowest BCUT2D eigenvalue weighted by molar-refractivity contribution is -0.142. The van der Waals surface area contributed by atoms with Crippen LogP contribution < -0.4 is 14.8 Å². The monoisotopic (exact) mass is 460 g/mol. The molecule has 0 saturated carbocycles. The summed E-state index contributed by atoms with van der Waals surface area (Å²) < 4.78 is 65.3. The van der Waals surface area contributed by atoms with E-state index in [4.69, 9.17) is 9.47 Å². The first kappa shape index (κ1) is 22.1. The minimum atomic E-state index is -4.78. The van der Waals surface area contributed by atoms with E-state index < -0.39 is 23.6 Å². The number of hydrogen-bond donors (Lipinski definition) is 1. The zero-order valence-electron chi connectivity index (χ0n) is 17.3. The number of nitrogens with one attached hydrogen (secondary N) is 1. The van der Waals surface area contributed by atoms with E-state index in [0.29, 0.717) is 16.0 Å². The number of alkyl halides is 3. The first-order chi connectivity index (χ1) is 15.7. The van der Waals surface area contributed by atoms with Gasteiger partial charge in [-0.1, -0.05) is 0 Å². The van der Waals surface area contributed by atoms with Crippen molar-refractivity contribution in [3.63, 3.8) is 0 Å². The van der Waals surface area contributed by atoms with Crippen molar-refractivity contribution < 1.29 is 31.8 Å². The molecule has 0 saturated heterocycles. The average Bonchev–Trinajstić information content (AvgIpc) is 3.22. The van der Waals surface area contributed by atoms with Crippen LogP contribution in [0.3, 0.4) is 0 Å². The predicted molar refractivity (Wildman–Crippen MR) is 111 cm³/mol. The van der Waals surface area contributed by atoms with Gasteiger partial charge in [-0.05, 0) is 42.5 Å². The highest BCUT2D eigenvalue weighted by molar-refractivity contribution is 6.04. The number of benzene rings is 2. The van der Waals surface area contributed by atoms with Crippen LogP contribution in [0.15, 0.2) is 54.6 Å². The molecule has 0 bridgehead atoms. The summed E-state index contributed by atoms with van der Waals surface area (Å²) in [5.74, 6) is -0.516. The third-order valence-corrected chi connectivity index (χ3v) is 4.75. The van der Waals surface area contributed by atoms with Gasteiger partial charge in [0.1, 0.15) is 17.3 Å². The van der Waals surface area contributed by atoms with E-state index in [0.717, 1.165) is 24.3 Å². The highest BCUT2D eigenvalue weighted by Crippen LogP contribution is 2.33. The van der Waals surface area contributed by atoms with Crippen LogP contribution in [-0.2, 0) is 6.18 Å². The minimum Gasteiger partial charge on any atom is -0.497 e. The number of rotatable bonds is 5. The number of aromatic nitrogens is 3. The number of carbonyl (C=O) groups is 1. The average molecular weight is 460 g/mol. The molecular formula is C22H16F4N4O3. The van der Waals surface area contributed by atoms with Crippen LogP contribution in [0.25, 0.3) is 16.9 Å². The molecule has 1 amide bonds. The summed E-state index contributed by atoms with van der Waals surface area (Å²) in [6.45, 7) is 0. The predicted octanol–water partition coefficient (Wildman–Crippen LogP) is 4.82. The lowest BCUT2D eigenvalue weighted by atomic mass is 10.1. The number of nitrogens with zero attached hydrogens (tertiary/aromatic N) is 3. The molecular weight excluding hydrogens is 444 g/mol. The zero-order valence-corrected chi connectivity index (χ0v) is 17.3. The number of methoxy groups -OCH3 is 2. The van der Waals surface area contributed by atoms with Gasteiger partial charge in [-0.25, -0.2) is 13.9 Å². The van der Waals surface area contributed by atoms with Crippen molar-refractivity contribution in [1.29, 1.82) is 0 Å². The van der Waals surface area contributed by atoms with Crippen molar-refractivity contribution >= 4 is 17.2 Å². The second-order valence-corrected chi connectivity index (χ2v) is 6.85. The lowest BCUT2D eigenvalue weighted by Crippen LogP contribution is -2.16. The van der Waals surface area contributed by atoms with E-state index >= 15 is 0 Å². The maximum absolute atomic E-state index is 13.7. The van der Waals surface area contributed by atoms with Crippen molar-refractivity contribution in [2.75, 3.05) is 19.5 Å². The van der Waals surface area contributed by atoms with Gasteiger partial charge < -0.3 is 14.8 Å². The number of hydrogen-bond acceptors (Lipinski definition) is 5. The summed E-state index contributed by atoms with van der Waals surface area (Å²) >= 11 is 0. The second kappa shape index (κ2) is 8.41. The summed E-state index contributed by atoms with van der Waals surface area (Å²) in [5, 5.41) is 6.36. The number of fused-ring (bicyclic) bond motifs is 1. The van der Waals surface area contributed by atoms with Gasteiger partial charge in [0.25, 0.3) is 5.91 Å². The molecule has 0 aliphatic heterocycles. The summed E-state index contributed by atoms with van der Waals surface area (Å²) in [4.78, 5) is 16.9. The van der Waals surface area contributed by atoms with E-state index in [1.165, 1.54) is 38.5 Å². The van der Waals surface area contributed by atoms with E-state index in [2.05, 4.69) is 15.4 Å². The quantitative estimate of drug-likeness (QED) is 0.432. The molecule has 4 rings (SSSR count). The Morgan fingerprint density at radius 2 is 1.73 bits per heavy atom. The van der Waals surface area contributed by atoms with Crippen molar-refractivity contribution in [3.8, 4) is 22.8 Å². The SMILES string of the molecule is COc1ccc(NC(=O)c2cc3nc(-c4ccc(F)cc4)cc(C(F)(F)F)n3n2)c(OC)c1. The molecule has 0 aliphatic carbocycles. The second-order valence-electron chi connectivity index (χ2n) is 6.85. The molecule has 2 aromatic carbocycles. The topological polar surface area (TPSA) is 77.8 Å². The van der Waals surface area contributed by atoms with Gasteiger partial charge in [0, 0.05) is 17.7 Å². The van der Waals surface area contributed by atoms with Gasteiger partial charge in [0.15, 0.2) is 17.0 Å². The van der Waals surface area contributed by atoms with Crippen molar-refractivity contribution in [1.82, 2.24) is 14.6 Å². The summed E-state index contributed by atoms with van der Waals surface area (Å²) in [6, 6.07) is 11.4. The third-order valence-electron chi connectivity index (χ3n) is 4.75. The van der Waals surface area contributed by atoms with E-state index in [1.54, 1.807) is 6.07 Å². The molecule has 170 valence electrons. The van der Waals surface area contributed by atoms with Gasteiger partial charge in [-0.2, -0.15) is 18.3 Å². The summed E-state index contributed by atoms with van der Waals surface area (Å²) in [5.41, 5.74) is -1.11. The van der Waals surface area contributed by atoms with Gasteiger partial charge in [-0.3, -0.25) is 4.79 Å². The van der Waals surface area contributed by atoms with Gasteiger partial charge in [0.05, 0.1) is 25.6 Å². The fraction of sp³-hybridized carbons (Fsp3) is 0.136. The molecule has 0 atom stereocenters. The summed E-state index contributed by atoms with van der Waals surface area (Å²) in [6.07, 6.45) is -4.78. The molecule has 0 aliphatic rings. The maximum Gasteiger partial charge on any atom is 0.433 e. The van der Waals surface area contributed by atoms with Crippen LogP contribution >= 0.6 is 0 Å². The highest BCUT2D eigenvalue weighted by Gasteiger charge is 2.35. The number of ether oxygens (including phenoxy) is 2. The van der Waals surface area contributed by atoms with Crippen LogP contribution in [0.4, 0.5) is 23.2 Å². The Bertz CT molecular complexity index is 1330. The molecule has 0 fully saturated rings. The van der Waals surface area contributed by atoms with Crippen LogP contribution in [-0.4, -0.2) is 34.7 Å². The fourth-order valence-corrected chi connectivity index (χ4v) is 3.14. The Hall–Kier alpha value is -4.15. The number of anilines is 1. The minimum absolute atomic E-state index is 0.0430. The number of halogens is 4. The van der Waals surface area contributed by atoms with Crippen molar-refractivity contribution in [2.24, 2.45) is 0 Å². The molecule has 2 aromatic heterocycles. The highest BCUT2D eigenvalue weighted by atomic mass is 19.4. The normalized spacial score (nSPS) is 11.5. The van der Waals surface area contributed by atoms with Gasteiger partial charge in [0.2, 0.25) is 0 Å². The van der Waals surface area contributed by atoms with E-state index in [9.17, 15) is 22.4 Å². The van der Waals surface area contributed by atoms with Crippen molar-refractivity contribution in [2.45, 2.75) is 6.18 Å². The standard InChI is InChI=1S/C22H16F4N4O3/c1-32-14-7-8-15(18(9-14)33-2)28-21(31)17-11-20-27-16(12-3-5-13(23)6-4-12)10-19(22(24,25)26)30(20)29-17/h3-11H,1-2H3,(H,28,31). The van der Waals surface area contributed by atoms with E-state index in [1.807, 2.05) is 0 Å². The smallest absolute Gasteiger partial charge is 0.433 e. The van der Waals surface area contributed by atoms with Crippen molar-refractivity contribution in [3.05, 3.63) is 71.8 Å². The Labute approximate surface area is 184 Å². The largest absolute Gasteiger partial charge is 0.497 e. The number of amides is 1. The molecule has 0 spiro atoms. The summed E-state index contributed by atoms with van der Waals surface area (Å²) in [7, 11) is 2.86. The fourth-order valence-electron chi connectivity index (χ4n) is 3.14. The molecule has 0 radical (unpaired) electrons. The molecule has 0 unspecified atom stereocenters. The van der Waals surface area contributed by atoms with Crippen LogP contribution in [0.5, 0.6) is 11.5 Å². The molecule has 33 heavy (non-hydrogen) atoms. The molecule has 7 nitrogen and oxygen atoms in total. The number of carbonyl (C=O) groups excluding carboxylic acids is 1. The Morgan fingerprint density at radius 3 is 2.36 bits per heavy atom. The molecule has 1 N–H and O–H groups in total. The zero-order chi connectivity index (χ0) is 23.8. The first-order valence-electron chi connectivity index (χ1n) is 9.47. The molecule has 2 heterocycles. The third kappa shape index (κ3) is 4.43. The maximum atomic E-state index is 13.7. The lowest BCUT2D eigenvalue weighted by Gasteiger charge is -2.11. The first-order valence-corrected chi connectivity index (χ1v) is 9.47. The Balaban J connectivity index is 1.75. The van der Waals surface area contributed by atoms with Crippen LogP contribution in [0, 0.1) is 5.82 Å². The Kier molecular flexibility index (Phi) is 5.62. The van der Waals surface area contributed by atoms with E-state index in [-0.39, 0.29) is 28.3 Å². The Morgan fingerprint density at radius 1 is 1.00 bits per heavy atom. The van der Waals surface area contributed by atoms with Gasteiger partial charge >= 0.3 is 6.18 Å². The van der Waals surface area contributed by atoms with Gasteiger partial charge in [-0.15, -0.1) is 0 Å². The molecule has 11 heteroatoms. The molecule has 4 aromatic rings. The van der Waals surface area contributed by atoms with Crippen LogP contribution in [0.2, 0.25) is 0 Å². The van der Waals surface area contributed by atoms with Crippen LogP contribution in [0.1, 0.15) is 16.2 Å².